The number of rotatable bonds is 8. The predicted molar refractivity (Wildman–Crippen MR) is 112 cm³/mol. The van der Waals surface area contributed by atoms with E-state index in [4.69, 9.17) is 9.47 Å². The first-order valence-electron chi connectivity index (χ1n) is 10.1. The van der Waals surface area contributed by atoms with E-state index in [1.54, 1.807) is 7.11 Å². The van der Waals surface area contributed by atoms with Gasteiger partial charge in [-0.1, -0.05) is 31.2 Å². The smallest absolute Gasteiger partial charge is 0.261 e. The summed E-state index contributed by atoms with van der Waals surface area (Å²) in [6.07, 6.45) is 3.89. The number of hydrogen-bond donors (Lipinski definition) is 1. The second-order valence-electron chi connectivity index (χ2n) is 7.10. The summed E-state index contributed by atoms with van der Waals surface area (Å²) in [6, 6.07) is 15.9. The maximum Gasteiger partial charge on any atom is 0.261 e. The van der Waals surface area contributed by atoms with Crippen molar-refractivity contribution in [3.63, 3.8) is 0 Å². The summed E-state index contributed by atoms with van der Waals surface area (Å²) in [4.78, 5) is 15.0. The number of anilines is 1. The topological polar surface area (TPSA) is 50.8 Å². The zero-order chi connectivity index (χ0) is 19.8. The van der Waals surface area contributed by atoms with E-state index in [0.29, 0.717) is 24.5 Å². The van der Waals surface area contributed by atoms with Gasteiger partial charge in [-0.15, -0.1) is 0 Å². The van der Waals surface area contributed by atoms with Gasteiger partial charge in [-0.3, -0.25) is 4.79 Å². The lowest BCUT2D eigenvalue weighted by Gasteiger charge is -2.28. The number of carbonyl (C=O) groups is 1. The SMILES string of the molecule is CCC(Oc1ccccc1OC)C(=O)NCc1ccc(N2CCCCC2)cc1. The molecule has 0 radical (unpaired) electrons. The van der Waals surface area contributed by atoms with Crippen molar-refractivity contribution < 1.29 is 14.3 Å². The molecule has 1 unspecified atom stereocenters. The highest BCUT2D eigenvalue weighted by molar-refractivity contribution is 5.81. The van der Waals surface area contributed by atoms with Crippen molar-refractivity contribution in [3.8, 4) is 11.5 Å². The van der Waals surface area contributed by atoms with Crippen molar-refractivity contribution in [3.05, 3.63) is 54.1 Å². The number of nitrogens with one attached hydrogen (secondary N) is 1. The molecule has 1 saturated heterocycles. The van der Waals surface area contributed by atoms with Gasteiger partial charge in [0.25, 0.3) is 5.91 Å². The molecule has 1 aliphatic rings. The number of carbonyl (C=O) groups excluding carboxylic acids is 1. The molecular formula is C23H30N2O3. The van der Waals surface area contributed by atoms with Gasteiger partial charge in [-0.25, -0.2) is 0 Å². The Morgan fingerprint density at radius 3 is 2.36 bits per heavy atom. The third kappa shape index (κ3) is 5.18. The van der Waals surface area contributed by atoms with E-state index >= 15 is 0 Å². The van der Waals surface area contributed by atoms with E-state index < -0.39 is 6.10 Å². The molecule has 1 amide bonds. The maximum atomic E-state index is 12.6. The van der Waals surface area contributed by atoms with Crippen molar-refractivity contribution >= 4 is 11.6 Å². The highest BCUT2D eigenvalue weighted by Gasteiger charge is 2.19. The van der Waals surface area contributed by atoms with Crippen LogP contribution >= 0.6 is 0 Å². The van der Waals surface area contributed by atoms with Gasteiger partial charge >= 0.3 is 0 Å². The molecule has 0 bridgehead atoms. The predicted octanol–water partition coefficient (Wildman–Crippen LogP) is 4.16. The maximum absolute atomic E-state index is 12.6. The molecule has 0 spiro atoms. The summed E-state index contributed by atoms with van der Waals surface area (Å²) in [6.45, 7) is 4.70. The van der Waals surface area contributed by atoms with Gasteiger partial charge < -0.3 is 19.7 Å². The third-order valence-electron chi connectivity index (χ3n) is 5.13. The van der Waals surface area contributed by atoms with Crippen LogP contribution in [0.3, 0.4) is 0 Å². The highest BCUT2D eigenvalue weighted by atomic mass is 16.5. The molecule has 1 aliphatic heterocycles. The Bertz CT molecular complexity index is 755. The number of piperidine rings is 1. The van der Waals surface area contributed by atoms with E-state index in [0.717, 1.165) is 18.7 Å². The molecule has 150 valence electrons. The minimum Gasteiger partial charge on any atom is -0.493 e. The average molecular weight is 383 g/mol. The van der Waals surface area contributed by atoms with Crippen molar-refractivity contribution in [1.29, 1.82) is 0 Å². The van der Waals surface area contributed by atoms with Crippen LogP contribution < -0.4 is 19.7 Å². The lowest BCUT2D eigenvalue weighted by Crippen LogP contribution is -2.37. The fourth-order valence-corrected chi connectivity index (χ4v) is 3.47. The first-order valence-corrected chi connectivity index (χ1v) is 10.1. The van der Waals surface area contributed by atoms with E-state index in [2.05, 4.69) is 34.5 Å². The molecule has 0 aliphatic carbocycles. The monoisotopic (exact) mass is 382 g/mol. The Morgan fingerprint density at radius 1 is 1.04 bits per heavy atom. The summed E-state index contributed by atoms with van der Waals surface area (Å²) in [5, 5.41) is 2.99. The first kappa shape index (κ1) is 20.1. The largest absolute Gasteiger partial charge is 0.493 e. The summed E-state index contributed by atoms with van der Waals surface area (Å²) in [5.74, 6) is 1.09. The molecule has 1 heterocycles. The van der Waals surface area contributed by atoms with Crippen LogP contribution in [-0.4, -0.2) is 32.2 Å². The first-order chi connectivity index (χ1) is 13.7. The van der Waals surface area contributed by atoms with Crippen molar-refractivity contribution in [1.82, 2.24) is 5.32 Å². The van der Waals surface area contributed by atoms with Gasteiger partial charge in [-0.05, 0) is 55.5 Å². The van der Waals surface area contributed by atoms with Crippen molar-refractivity contribution in [2.24, 2.45) is 0 Å². The van der Waals surface area contributed by atoms with E-state index in [1.165, 1.54) is 24.9 Å². The lowest BCUT2D eigenvalue weighted by molar-refractivity contribution is -0.128. The number of nitrogens with zero attached hydrogens (tertiary/aromatic N) is 1. The van der Waals surface area contributed by atoms with Gasteiger partial charge in [0, 0.05) is 25.3 Å². The fraction of sp³-hybridized carbons (Fsp3) is 0.435. The molecule has 2 aromatic rings. The Hall–Kier alpha value is -2.69. The molecule has 1 fully saturated rings. The molecule has 1 N–H and O–H groups in total. The number of benzene rings is 2. The van der Waals surface area contributed by atoms with Crippen LogP contribution in [0.1, 0.15) is 38.2 Å². The van der Waals surface area contributed by atoms with Crippen LogP contribution in [0.2, 0.25) is 0 Å². The molecule has 1 atom stereocenters. The van der Waals surface area contributed by atoms with Crippen LogP contribution in [0.4, 0.5) is 5.69 Å². The van der Waals surface area contributed by atoms with E-state index in [-0.39, 0.29) is 5.91 Å². The van der Waals surface area contributed by atoms with Gasteiger partial charge in [0.15, 0.2) is 17.6 Å². The summed E-state index contributed by atoms with van der Waals surface area (Å²) < 4.78 is 11.2. The van der Waals surface area contributed by atoms with Crippen molar-refractivity contribution in [2.75, 3.05) is 25.1 Å². The minimum atomic E-state index is -0.552. The molecule has 0 saturated carbocycles. The second-order valence-corrected chi connectivity index (χ2v) is 7.10. The number of para-hydroxylation sites is 2. The Labute approximate surface area is 167 Å². The van der Waals surface area contributed by atoms with Gasteiger partial charge in [-0.2, -0.15) is 0 Å². The molecule has 5 nitrogen and oxygen atoms in total. The zero-order valence-corrected chi connectivity index (χ0v) is 16.8. The number of amides is 1. The van der Waals surface area contributed by atoms with Gasteiger partial charge in [0.2, 0.25) is 0 Å². The van der Waals surface area contributed by atoms with Crippen LogP contribution in [-0.2, 0) is 11.3 Å². The van der Waals surface area contributed by atoms with Gasteiger partial charge in [0.1, 0.15) is 0 Å². The van der Waals surface area contributed by atoms with Crippen LogP contribution in [0.5, 0.6) is 11.5 Å². The molecule has 28 heavy (non-hydrogen) atoms. The lowest BCUT2D eigenvalue weighted by atomic mass is 10.1. The molecular weight excluding hydrogens is 352 g/mol. The highest BCUT2D eigenvalue weighted by Crippen LogP contribution is 2.27. The Kier molecular flexibility index (Phi) is 7.18. The van der Waals surface area contributed by atoms with Crippen LogP contribution in [0.25, 0.3) is 0 Å². The molecule has 0 aromatic heterocycles. The Balaban J connectivity index is 1.54. The second kappa shape index (κ2) is 10.0. The summed E-state index contributed by atoms with van der Waals surface area (Å²) in [5.41, 5.74) is 2.35. The zero-order valence-electron chi connectivity index (χ0n) is 16.8. The molecule has 5 heteroatoms. The molecule has 2 aromatic carbocycles. The third-order valence-corrected chi connectivity index (χ3v) is 5.13. The van der Waals surface area contributed by atoms with Crippen LogP contribution in [0.15, 0.2) is 48.5 Å². The van der Waals surface area contributed by atoms with Gasteiger partial charge in [0.05, 0.1) is 7.11 Å². The van der Waals surface area contributed by atoms with E-state index in [1.807, 2.05) is 31.2 Å². The standard InChI is InChI=1S/C23H30N2O3/c1-3-20(28-22-10-6-5-9-21(22)27-2)23(26)24-17-18-11-13-19(14-12-18)25-15-7-4-8-16-25/h5-6,9-14,20H,3-4,7-8,15-17H2,1-2H3,(H,24,26). The average Bonchev–Trinajstić information content (AvgIpc) is 2.77. The normalized spacial score (nSPS) is 15.0. The van der Waals surface area contributed by atoms with Crippen LogP contribution in [0, 0.1) is 0 Å². The minimum absolute atomic E-state index is 0.117. The molecule has 3 rings (SSSR count). The number of methoxy groups -OCH3 is 1. The fourth-order valence-electron chi connectivity index (χ4n) is 3.47. The number of hydrogen-bond acceptors (Lipinski definition) is 4. The summed E-state index contributed by atoms with van der Waals surface area (Å²) >= 11 is 0. The van der Waals surface area contributed by atoms with E-state index in [9.17, 15) is 4.79 Å². The van der Waals surface area contributed by atoms with Crippen molar-refractivity contribution in [2.45, 2.75) is 45.3 Å². The quantitative estimate of drug-likeness (QED) is 0.745. The summed E-state index contributed by atoms with van der Waals surface area (Å²) in [7, 11) is 1.59. The Morgan fingerprint density at radius 2 is 1.71 bits per heavy atom. The number of ether oxygens (including phenoxy) is 2.